The van der Waals surface area contributed by atoms with Gasteiger partial charge >= 0.3 is 0 Å². The number of fused-ring (bicyclic) bond motifs is 1. The third kappa shape index (κ3) is 2.86. The fraction of sp³-hybridized carbons (Fsp3) is 0.300. The SMILES string of the molecule is C/C=C/c1cc(OC)c2c(c1)[C@H](C)[C@@H](c1cc(O)c(O)c(OC)c1)O2. The van der Waals surface area contributed by atoms with Gasteiger partial charge in [0.2, 0.25) is 5.75 Å². The quantitative estimate of drug-likeness (QED) is 0.807. The lowest BCUT2D eigenvalue weighted by Crippen LogP contribution is -2.07. The maximum Gasteiger partial charge on any atom is 0.200 e. The summed E-state index contributed by atoms with van der Waals surface area (Å²) in [5.41, 5.74) is 2.81. The molecular weight excluding hydrogens is 320 g/mol. The fourth-order valence-electron chi connectivity index (χ4n) is 3.23. The van der Waals surface area contributed by atoms with Gasteiger partial charge in [0.05, 0.1) is 14.2 Å². The molecule has 2 aromatic rings. The molecule has 0 aromatic heterocycles. The summed E-state index contributed by atoms with van der Waals surface area (Å²) in [6.07, 6.45) is 3.67. The predicted octanol–water partition coefficient (Wildman–Crippen LogP) is 4.39. The Morgan fingerprint density at radius 3 is 2.40 bits per heavy atom. The van der Waals surface area contributed by atoms with E-state index in [9.17, 15) is 10.2 Å². The zero-order chi connectivity index (χ0) is 18.1. The topological polar surface area (TPSA) is 68.2 Å². The molecule has 132 valence electrons. The molecule has 5 nitrogen and oxygen atoms in total. The van der Waals surface area contributed by atoms with Crippen molar-refractivity contribution < 1.29 is 24.4 Å². The van der Waals surface area contributed by atoms with Crippen molar-refractivity contribution in [3.63, 3.8) is 0 Å². The van der Waals surface area contributed by atoms with E-state index < -0.39 is 0 Å². The van der Waals surface area contributed by atoms with Crippen LogP contribution < -0.4 is 14.2 Å². The Morgan fingerprint density at radius 1 is 1.04 bits per heavy atom. The van der Waals surface area contributed by atoms with Crippen molar-refractivity contribution in [1.82, 2.24) is 0 Å². The lowest BCUT2D eigenvalue weighted by atomic mass is 9.91. The highest BCUT2D eigenvalue weighted by Gasteiger charge is 2.35. The Bertz CT molecular complexity index is 825. The lowest BCUT2D eigenvalue weighted by Gasteiger charge is -2.18. The number of hydrogen-bond donors (Lipinski definition) is 2. The molecule has 2 atom stereocenters. The number of phenolic OH excluding ortho intramolecular Hbond substituents is 2. The van der Waals surface area contributed by atoms with E-state index in [2.05, 4.69) is 13.0 Å². The first-order valence-electron chi connectivity index (χ1n) is 8.11. The summed E-state index contributed by atoms with van der Waals surface area (Å²) >= 11 is 0. The van der Waals surface area contributed by atoms with Crippen LogP contribution >= 0.6 is 0 Å². The maximum atomic E-state index is 9.97. The van der Waals surface area contributed by atoms with Crippen LogP contribution in [0.3, 0.4) is 0 Å². The van der Waals surface area contributed by atoms with Crippen molar-refractivity contribution in [1.29, 1.82) is 0 Å². The smallest absolute Gasteiger partial charge is 0.200 e. The molecule has 0 aliphatic carbocycles. The third-order valence-corrected chi connectivity index (χ3v) is 4.50. The number of hydrogen-bond acceptors (Lipinski definition) is 5. The molecule has 0 saturated carbocycles. The Hall–Kier alpha value is -2.82. The number of ether oxygens (including phenoxy) is 3. The van der Waals surface area contributed by atoms with E-state index in [1.54, 1.807) is 13.2 Å². The van der Waals surface area contributed by atoms with E-state index in [4.69, 9.17) is 14.2 Å². The number of methoxy groups -OCH3 is 2. The van der Waals surface area contributed by atoms with Crippen LogP contribution in [0.1, 0.15) is 42.6 Å². The summed E-state index contributed by atoms with van der Waals surface area (Å²) in [5.74, 6) is 1.13. The first-order chi connectivity index (χ1) is 12.0. The van der Waals surface area contributed by atoms with E-state index in [0.29, 0.717) is 11.5 Å². The molecular formula is C20H22O5. The van der Waals surface area contributed by atoms with Crippen LogP contribution in [0.25, 0.3) is 6.08 Å². The molecule has 0 unspecified atom stereocenters. The molecule has 1 aliphatic heterocycles. The molecule has 1 aliphatic rings. The molecule has 2 aromatic carbocycles. The molecule has 0 fully saturated rings. The van der Waals surface area contributed by atoms with E-state index in [-0.39, 0.29) is 29.3 Å². The summed E-state index contributed by atoms with van der Waals surface area (Å²) in [5, 5.41) is 19.8. The molecule has 0 bridgehead atoms. The summed E-state index contributed by atoms with van der Waals surface area (Å²) in [6, 6.07) is 7.20. The monoisotopic (exact) mass is 342 g/mol. The van der Waals surface area contributed by atoms with Crippen molar-refractivity contribution in [2.24, 2.45) is 0 Å². The van der Waals surface area contributed by atoms with Gasteiger partial charge in [0, 0.05) is 17.0 Å². The minimum atomic E-state index is -0.315. The highest BCUT2D eigenvalue weighted by Crippen LogP contribution is 2.52. The zero-order valence-electron chi connectivity index (χ0n) is 14.7. The minimum Gasteiger partial charge on any atom is -0.504 e. The highest BCUT2D eigenvalue weighted by atomic mass is 16.5. The standard InChI is InChI=1S/C20H22O5/c1-5-6-12-7-14-11(2)19(25-20(14)17(8-12)24-4)13-9-15(21)18(22)16(10-13)23-3/h5-11,19,21-22H,1-4H3/b6-5+/t11-,19-/m0/s1. The first kappa shape index (κ1) is 17.0. The molecule has 0 spiro atoms. The molecule has 3 rings (SSSR count). The largest absolute Gasteiger partial charge is 0.504 e. The number of phenols is 2. The van der Waals surface area contributed by atoms with Gasteiger partial charge in [0.15, 0.2) is 23.0 Å². The van der Waals surface area contributed by atoms with Gasteiger partial charge in [-0.3, -0.25) is 0 Å². The average molecular weight is 342 g/mol. The predicted molar refractivity (Wildman–Crippen MR) is 95.8 cm³/mol. The Balaban J connectivity index is 2.06. The van der Waals surface area contributed by atoms with Gasteiger partial charge in [-0.1, -0.05) is 19.1 Å². The van der Waals surface area contributed by atoms with Gasteiger partial charge in [-0.25, -0.2) is 0 Å². The Morgan fingerprint density at radius 2 is 1.76 bits per heavy atom. The third-order valence-electron chi connectivity index (χ3n) is 4.50. The molecule has 1 heterocycles. The van der Waals surface area contributed by atoms with Crippen LogP contribution in [-0.2, 0) is 0 Å². The van der Waals surface area contributed by atoms with Gasteiger partial charge in [-0.15, -0.1) is 0 Å². The summed E-state index contributed by atoms with van der Waals surface area (Å²) < 4.78 is 16.8. The van der Waals surface area contributed by atoms with Crippen LogP contribution in [0.2, 0.25) is 0 Å². The van der Waals surface area contributed by atoms with Gasteiger partial charge < -0.3 is 24.4 Å². The summed E-state index contributed by atoms with van der Waals surface area (Å²) in [6.45, 7) is 4.03. The number of rotatable bonds is 4. The minimum absolute atomic E-state index is 0.0442. The van der Waals surface area contributed by atoms with Crippen molar-refractivity contribution in [2.75, 3.05) is 14.2 Å². The van der Waals surface area contributed by atoms with Crippen LogP contribution in [-0.4, -0.2) is 24.4 Å². The second-order valence-corrected chi connectivity index (χ2v) is 6.06. The van der Waals surface area contributed by atoms with Gasteiger partial charge in [-0.05, 0) is 36.8 Å². The summed E-state index contributed by atoms with van der Waals surface area (Å²) in [7, 11) is 3.06. The van der Waals surface area contributed by atoms with E-state index >= 15 is 0 Å². The Kier molecular flexibility index (Phi) is 4.49. The van der Waals surface area contributed by atoms with E-state index in [0.717, 1.165) is 16.7 Å². The zero-order valence-corrected chi connectivity index (χ0v) is 14.7. The van der Waals surface area contributed by atoms with E-state index in [1.807, 2.05) is 25.1 Å². The van der Waals surface area contributed by atoms with Gasteiger partial charge in [0.1, 0.15) is 6.10 Å². The number of aromatic hydroxyl groups is 2. The average Bonchev–Trinajstić information content (AvgIpc) is 2.94. The van der Waals surface area contributed by atoms with Crippen LogP contribution in [0, 0.1) is 0 Å². The molecule has 5 heteroatoms. The maximum absolute atomic E-state index is 9.97. The normalized spacial score (nSPS) is 18.9. The van der Waals surface area contributed by atoms with Crippen LogP contribution in [0.4, 0.5) is 0 Å². The number of allylic oxidation sites excluding steroid dienone is 1. The highest BCUT2D eigenvalue weighted by molar-refractivity contribution is 5.62. The van der Waals surface area contributed by atoms with E-state index in [1.165, 1.54) is 13.2 Å². The van der Waals surface area contributed by atoms with Crippen LogP contribution in [0.15, 0.2) is 30.3 Å². The summed E-state index contributed by atoms with van der Waals surface area (Å²) in [4.78, 5) is 0. The molecule has 25 heavy (non-hydrogen) atoms. The number of benzene rings is 2. The second-order valence-electron chi connectivity index (χ2n) is 6.06. The second kappa shape index (κ2) is 6.59. The van der Waals surface area contributed by atoms with Crippen LogP contribution in [0.5, 0.6) is 28.7 Å². The van der Waals surface area contributed by atoms with Crippen molar-refractivity contribution in [3.8, 4) is 28.7 Å². The van der Waals surface area contributed by atoms with Crippen molar-refractivity contribution in [2.45, 2.75) is 25.9 Å². The molecule has 0 saturated heterocycles. The molecule has 0 radical (unpaired) electrons. The van der Waals surface area contributed by atoms with Gasteiger partial charge in [-0.2, -0.15) is 0 Å². The fourth-order valence-corrected chi connectivity index (χ4v) is 3.23. The van der Waals surface area contributed by atoms with Crippen molar-refractivity contribution >= 4 is 6.08 Å². The Labute approximate surface area is 147 Å². The van der Waals surface area contributed by atoms with Gasteiger partial charge in [0.25, 0.3) is 0 Å². The first-order valence-corrected chi connectivity index (χ1v) is 8.11. The molecule has 2 N–H and O–H groups in total. The molecule has 0 amide bonds. The lowest BCUT2D eigenvalue weighted by molar-refractivity contribution is 0.207. The van der Waals surface area contributed by atoms with Crippen molar-refractivity contribution in [3.05, 3.63) is 47.0 Å².